The number of hydrogen-bond donors (Lipinski definition) is 1. The number of H-pyrrole nitrogens is 1. The van der Waals surface area contributed by atoms with Gasteiger partial charge >= 0.3 is 0 Å². The first kappa shape index (κ1) is 11.9. The third-order valence-electron chi connectivity index (χ3n) is 3.37. The molecule has 1 atom stereocenters. The van der Waals surface area contributed by atoms with Crippen molar-refractivity contribution in [1.29, 1.82) is 0 Å². The molecule has 2 aromatic rings. The highest BCUT2D eigenvalue weighted by Crippen LogP contribution is 2.22. The van der Waals surface area contributed by atoms with Crippen molar-refractivity contribution in [3.8, 4) is 0 Å². The van der Waals surface area contributed by atoms with Crippen LogP contribution >= 0.6 is 0 Å². The summed E-state index contributed by atoms with van der Waals surface area (Å²) in [7, 11) is 0. The Labute approximate surface area is 108 Å². The van der Waals surface area contributed by atoms with Crippen LogP contribution in [0.2, 0.25) is 0 Å². The Balaban J connectivity index is 1.82. The Bertz CT molecular complexity index is 609. The molecule has 0 spiro atoms. The van der Waals surface area contributed by atoms with Crippen molar-refractivity contribution in [3.05, 3.63) is 41.1 Å². The van der Waals surface area contributed by atoms with E-state index >= 15 is 0 Å². The van der Waals surface area contributed by atoms with Gasteiger partial charge in [0.2, 0.25) is 11.8 Å². The minimum Gasteiger partial charge on any atom is -0.338 e. The van der Waals surface area contributed by atoms with Crippen LogP contribution in [0.3, 0.4) is 0 Å². The zero-order valence-electron chi connectivity index (χ0n) is 10.3. The molecule has 1 N–H and O–H groups in total. The molecule has 0 bridgehead atoms. The van der Waals surface area contributed by atoms with Crippen molar-refractivity contribution in [2.45, 2.75) is 25.4 Å². The lowest BCUT2D eigenvalue weighted by molar-refractivity contribution is 0.539. The molecule has 1 fully saturated rings. The Kier molecular flexibility index (Phi) is 3.02. The third kappa shape index (κ3) is 2.35. The van der Waals surface area contributed by atoms with Crippen LogP contribution in [-0.2, 0) is 6.54 Å². The van der Waals surface area contributed by atoms with E-state index in [1.807, 2.05) is 15.7 Å². The summed E-state index contributed by atoms with van der Waals surface area (Å²) in [5, 5.41) is 0. The topological polar surface area (TPSA) is 66.8 Å². The van der Waals surface area contributed by atoms with Crippen LogP contribution in [0, 0.1) is 5.82 Å². The molecule has 0 aromatic carbocycles. The van der Waals surface area contributed by atoms with Crippen molar-refractivity contribution in [3.63, 3.8) is 0 Å². The van der Waals surface area contributed by atoms with Crippen LogP contribution in [0.25, 0.3) is 0 Å². The molecule has 0 unspecified atom stereocenters. The van der Waals surface area contributed by atoms with Crippen LogP contribution in [-0.4, -0.2) is 32.1 Å². The van der Waals surface area contributed by atoms with Gasteiger partial charge in [0.1, 0.15) is 0 Å². The number of halogens is 1. The first-order valence-corrected chi connectivity index (χ1v) is 6.21. The summed E-state index contributed by atoms with van der Waals surface area (Å²) < 4.78 is 14.9. The minimum atomic E-state index is -0.853. The number of imidazole rings is 1. The van der Waals surface area contributed by atoms with Crippen LogP contribution in [0.1, 0.15) is 12.8 Å². The second kappa shape index (κ2) is 4.83. The van der Waals surface area contributed by atoms with Crippen LogP contribution in [0.15, 0.2) is 29.7 Å². The molecule has 1 saturated heterocycles. The van der Waals surface area contributed by atoms with Gasteiger partial charge in [0.15, 0.2) is 0 Å². The summed E-state index contributed by atoms with van der Waals surface area (Å²) in [6, 6.07) is 0.239. The van der Waals surface area contributed by atoms with Crippen molar-refractivity contribution >= 4 is 5.95 Å². The first-order valence-electron chi connectivity index (χ1n) is 6.21. The summed E-state index contributed by atoms with van der Waals surface area (Å²) in [6.07, 6.45) is 8.41. The van der Waals surface area contributed by atoms with Crippen molar-refractivity contribution in [2.24, 2.45) is 0 Å². The normalized spacial score (nSPS) is 19.0. The largest absolute Gasteiger partial charge is 0.338 e. The highest BCUT2D eigenvalue weighted by atomic mass is 19.1. The molecular formula is C12H14FN5O. The highest BCUT2D eigenvalue weighted by Gasteiger charge is 2.26. The van der Waals surface area contributed by atoms with Gasteiger partial charge in [-0.1, -0.05) is 0 Å². The molecule has 1 aliphatic heterocycles. The maximum absolute atomic E-state index is 13.0. The van der Waals surface area contributed by atoms with Crippen molar-refractivity contribution in [1.82, 2.24) is 19.5 Å². The van der Waals surface area contributed by atoms with Gasteiger partial charge < -0.3 is 9.47 Å². The number of aromatic amines is 1. The van der Waals surface area contributed by atoms with E-state index in [9.17, 15) is 9.18 Å². The summed E-state index contributed by atoms with van der Waals surface area (Å²) in [6.45, 7) is 1.59. The van der Waals surface area contributed by atoms with Crippen LogP contribution in [0.5, 0.6) is 0 Å². The van der Waals surface area contributed by atoms with E-state index < -0.39 is 11.4 Å². The Hall–Kier alpha value is -2.18. The highest BCUT2D eigenvalue weighted by molar-refractivity contribution is 5.32. The van der Waals surface area contributed by atoms with Gasteiger partial charge in [0.05, 0.1) is 12.5 Å². The SMILES string of the molecule is O=c1[nH]c(N2CCC[C@@H]2Cn2ccnc2)ncc1F. The Morgan fingerprint density at radius 3 is 3.16 bits per heavy atom. The number of hydrogen-bond acceptors (Lipinski definition) is 4. The smallest absolute Gasteiger partial charge is 0.288 e. The molecule has 7 heteroatoms. The summed E-state index contributed by atoms with van der Waals surface area (Å²) in [4.78, 5) is 23.8. The summed E-state index contributed by atoms with van der Waals surface area (Å²) in [5.41, 5.74) is -0.724. The number of nitrogens with zero attached hydrogens (tertiary/aromatic N) is 4. The van der Waals surface area contributed by atoms with Gasteiger partial charge in [-0.25, -0.2) is 9.97 Å². The van der Waals surface area contributed by atoms with Gasteiger partial charge in [-0.15, -0.1) is 0 Å². The average Bonchev–Trinajstić information content (AvgIpc) is 3.05. The van der Waals surface area contributed by atoms with Gasteiger partial charge in [-0.3, -0.25) is 9.78 Å². The van der Waals surface area contributed by atoms with Crippen LogP contribution in [0.4, 0.5) is 10.3 Å². The maximum Gasteiger partial charge on any atom is 0.288 e. The van der Waals surface area contributed by atoms with E-state index in [0.29, 0.717) is 5.95 Å². The predicted octanol–water partition coefficient (Wildman–Crippen LogP) is 0.774. The third-order valence-corrected chi connectivity index (χ3v) is 3.37. The number of nitrogens with one attached hydrogen (secondary N) is 1. The molecule has 0 radical (unpaired) electrons. The standard InChI is InChI=1S/C12H14FN5O/c13-10-6-15-12(16-11(10)19)18-4-1-2-9(18)7-17-5-3-14-8-17/h3,5-6,8-9H,1-2,4,7H2,(H,15,16,19)/t9-/m1/s1. The molecule has 3 rings (SSSR count). The molecule has 0 aliphatic carbocycles. The fourth-order valence-corrected chi connectivity index (χ4v) is 2.46. The van der Waals surface area contributed by atoms with E-state index in [-0.39, 0.29) is 6.04 Å². The molecule has 3 heterocycles. The minimum absolute atomic E-state index is 0.239. The van der Waals surface area contributed by atoms with Gasteiger partial charge in [0, 0.05) is 31.5 Å². The van der Waals surface area contributed by atoms with E-state index in [4.69, 9.17) is 0 Å². The second-order valence-electron chi connectivity index (χ2n) is 4.63. The van der Waals surface area contributed by atoms with E-state index in [1.54, 1.807) is 12.5 Å². The lowest BCUT2D eigenvalue weighted by Gasteiger charge is -2.25. The maximum atomic E-state index is 13.0. The number of rotatable bonds is 3. The van der Waals surface area contributed by atoms with E-state index in [1.165, 1.54) is 0 Å². The molecular weight excluding hydrogens is 249 g/mol. The quantitative estimate of drug-likeness (QED) is 0.888. The van der Waals surface area contributed by atoms with Crippen LogP contribution < -0.4 is 10.5 Å². The monoisotopic (exact) mass is 263 g/mol. The average molecular weight is 263 g/mol. The fourth-order valence-electron chi connectivity index (χ4n) is 2.46. The lowest BCUT2D eigenvalue weighted by Crippen LogP contribution is -2.35. The summed E-state index contributed by atoms with van der Waals surface area (Å²) >= 11 is 0. The predicted molar refractivity (Wildman–Crippen MR) is 67.4 cm³/mol. The van der Waals surface area contributed by atoms with E-state index in [0.717, 1.165) is 32.1 Å². The Morgan fingerprint density at radius 1 is 1.53 bits per heavy atom. The first-order chi connectivity index (χ1) is 9.24. The second-order valence-corrected chi connectivity index (χ2v) is 4.63. The van der Waals surface area contributed by atoms with Gasteiger partial charge in [-0.05, 0) is 12.8 Å². The molecule has 0 saturated carbocycles. The molecule has 6 nitrogen and oxygen atoms in total. The van der Waals surface area contributed by atoms with Crippen molar-refractivity contribution in [2.75, 3.05) is 11.4 Å². The summed E-state index contributed by atoms with van der Waals surface area (Å²) in [5.74, 6) is -0.414. The zero-order chi connectivity index (χ0) is 13.2. The van der Waals surface area contributed by atoms with Gasteiger partial charge in [0.25, 0.3) is 5.56 Å². The molecule has 0 amide bonds. The molecule has 1 aliphatic rings. The zero-order valence-corrected chi connectivity index (χ0v) is 10.3. The number of aromatic nitrogens is 4. The van der Waals surface area contributed by atoms with E-state index in [2.05, 4.69) is 15.0 Å². The molecule has 2 aromatic heterocycles. The Morgan fingerprint density at radius 2 is 2.42 bits per heavy atom. The number of anilines is 1. The molecule has 100 valence electrons. The lowest BCUT2D eigenvalue weighted by atomic mass is 10.2. The van der Waals surface area contributed by atoms with Gasteiger partial charge in [-0.2, -0.15) is 4.39 Å². The van der Waals surface area contributed by atoms with Crippen molar-refractivity contribution < 1.29 is 4.39 Å². The molecule has 19 heavy (non-hydrogen) atoms. The fraction of sp³-hybridized carbons (Fsp3) is 0.417.